The Bertz CT molecular complexity index is 709. The van der Waals surface area contributed by atoms with Gasteiger partial charge in [-0.2, -0.15) is 18.4 Å². The zero-order chi connectivity index (χ0) is 20.0. The molecular formula is C18H24F4IN5. The number of aliphatic imine (C=N–C) groups is 1. The fourth-order valence-electron chi connectivity index (χ4n) is 2.88. The fraction of sp³-hybridized carbons (Fsp3) is 0.556. The number of piperazine rings is 1. The van der Waals surface area contributed by atoms with Gasteiger partial charge in [0.15, 0.2) is 5.96 Å². The minimum Gasteiger partial charge on any atom is -0.357 e. The Balaban J connectivity index is 0.00000392. The number of rotatable bonds is 4. The highest BCUT2D eigenvalue weighted by molar-refractivity contribution is 14.0. The number of halogens is 5. The van der Waals surface area contributed by atoms with Crippen molar-refractivity contribution in [2.45, 2.75) is 32.6 Å². The van der Waals surface area contributed by atoms with E-state index in [2.05, 4.69) is 10.3 Å². The molecule has 0 spiro atoms. The highest BCUT2D eigenvalue weighted by atomic mass is 127. The SMILES string of the molecule is CCNC(=NCc1cc(C#N)ccc1F)N1CCN(C(C)C(F)(F)F)CC1.I. The highest BCUT2D eigenvalue weighted by Gasteiger charge is 2.41. The summed E-state index contributed by atoms with van der Waals surface area (Å²) < 4.78 is 52.5. The maximum atomic E-state index is 13.9. The van der Waals surface area contributed by atoms with Gasteiger partial charge in [0.25, 0.3) is 0 Å². The summed E-state index contributed by atoms with van der Waals surface area (Å²) in [4.78, 5) is 7.67. The Labute approximate surface area is 179 Å². The number of nitrogens with one attached hydrogen (secondary N) is 1. The van der Waals surface area contributed by atoms with Crippen LogP contribution in [0.4, 0.5) is 17.6 Å². The molecule has 1 fully saturated rings. The Kier molecular flexibility index (Phi) is 9.43. The summed E-state index contributed by atoms with van der Waals surface area (Å²) in [5.41, 5.74) is 0.648. The average molecular weight is 513 g/mol. The summed E-state index contributed by atoms with van der Waals surface area (Å²) in [5, 5.41) is 12.0. The maximum Gasteiger partial charge on any atom is 0.403 e. The quantitative estimate of drug-likeness (QED) is 0.291. The van der Waals surface area contributed by atoms with E-state index in [-0.39, 0.29) is 43.6 Å². The fourth-order valence-corrected chi connectivity index (χ4v) is 2.88. The minimum atomic E-state index is -4.25. The van der Waals surface area contributed by atoms with Crippen molar-refractivity contribution in [3.05, 3.63) is 35.1 Å². The second kappa shape index (κ2) is 10.8. The summed E-state index contributed by atoms with van der Waals surface area (Å²) in [6.07, 6.45) is -4.25. The first kappa shape index (κ1) is 24.4. The Morgan fingerprint density at radius 1 is 1.29 bits per heavy atom. The van der Waals surface area contributed by atoms with E-state index in [9.17, 15) is 17.6 Å². The van der Waals surface area contributed by atoms with Gasteiger partial charge < -0.3 is 10.2 Å². The maximum absolute atomic E-state index is 13.9. The van der Waals surface area contributed by atoms with Gasteiger partial charge in [0.2, 0.25) is 0 Å². The molecule has 1 N–H and O–H groups in total. The number of benzene rings is 1. The molecule has 5 nitrogen and oxygen atoms in total. The third-order valence-electron chi connectivity index (χ3n) is 4.54. The summed E-state index contributed by atoms with van der Waals surface area (Å²) in [6, 6.07) is 4.55. The predicted molar refractivity (Wildman–Crippen MR) is 110 cm³/mol. The van der Waals surface area contributed by atoms with Crippen molar-refractivity contribution in [3.63, 3.8) is 0 Å². The second-order valence-corrected chi connectivity index (χ2v) is 6.33. The van der Waals surface area contributed by atoms with E-state index in [1.54, 1.807) is 0 Å². The van der Waals surface area contributed by atoms with Crippen molar-refractivity contribution in [2.24, 2.45) is 4.99 Å². The molecule has 1 aliphatic heterocycles. The third kappa shape index (κ3) is 6.48. The smallest absolute Gasteiger partial charge is 0.357 e. The molecule has 0 radical (unpaired) electrons. The molecule has 1 heterocycles. The van der Waals surface area contributed by atoms with Crippen LogP contribution in [0.1, 0.15) is 25.0 Å². The number of alkyl halides is 3. The number of guanidine groups is 1. The van der Waals surface area contributed by atoms with E-state index >= 15 is 0 Å². The average Bonchev–Trinajstić information content (AvgIpc) is 2.65. The van der Waals surface area contributed by atoms with Crippen molar-refractivity contribution in [2.75, 3.05) is 32.7 Å². The van der Waals surface area contributed by atoms with E-state index < -0.39 is 18.0 Å². The van der Waals surface area contributed by atoms with Gasteiger partial charge in [0.1, 0.15) is 11.9 Å². The normalized spacial score (nSPS) is 16.9. The Morgan fingerprint density at radius 3 is 2.46 bits per heavy atom. The number of hydrogen-bond donors (Lipinski definition) is 1. The lowest BCUT2D eigenvalue weighted by molar-refractivity contribution is -0.181. The second-order valence-electron chi connectivity index (χ2n) is 6.33. The number of nitriles is 1. The summed E-state index contributed by atoms with van der Waals surface area (Å²) in [5.74, 6) is 0.0796. The van der Waals surface area contributed by atoms with Gasteiger partial charge in [-0.15, -0.1) is 24.0 Å². The first-order chi connectivity index (χ1) is 12.8. The zero-order valence-corrected chi connectivity index (χ0v) is 18.1. The van der Waals surface area contributed by atoms with E-state index in [1.807, 2.05) is 17.9 Å². The molecule has 0 aliphatic carbocycles. The molecule has 156 valence electrons. The van der Waals surface area contributed by atoms with Gasteiger partial charge in [-0.3, -0.25) is 4.90 Å². The topological polar surface area (TPSA) is 54.7 Å². The summed E-state index contributed by atoms with van der Waals surface area (Å²) in [6.45, 7) is 5.00. The van der Waals surface area contributed by atoms with Gasteiger partial charge in [0.05, 0.1) is 18.2 Å². The van der Waals surface area contributed by atoms with Crippen molar-refractivity contribution in [1.29, 1.82) is 5.26 Å². The van der Waals surface area contributed by atoms with Gasteiger partial charge >= 0.3 is 6.18 Å². The van der Waals surface area contributed by atoms with Crippen LogP contribution in [0.2, 0.25) is 0 Å². The third-order valence-corrected chi connectivity index (χ3v) is 4.54. The first-order valence-electron chi connectivity index (χ1n) is 8.78. The molecule has 1 saturated heterocycles. The van der Waals surface area contributed by atoms with Crippen LogP contribution in [0.15, 0.2) is 23.2 Å². The van der Waals surface area contributed by atoms with Gasteiger partial charge in [-0.05, 0) is 32.0 Å². The molecule has 1 aliphatic rings. The van der Waals surface area contributed by atoms with Crippen LogP contribution in [-0.2, 0) is 6.54 Å². The van der Waals surface area contributed by atoms with Gasteiger partial charge in [-0.25, -0.2) is 9.38 Å². The molecule has 2 rings (SSSR count). The highest BCUT2D eigenvalue weighted by Crippen LogP contribution is 2.25. The van der Waals surface area contributed by atoms with Crippen molar-refractivity contribution in [3.8, 4) is 6.07 Å². The van der Waals surface area contributed by atoms with Gasteiger partial charge in [-0.1, -0.05) is 0 Å². The standard InChI is InChI=1S/C18H23F4N5.HI/c1-3-24-17(25-12-15-10-14(11-23)4-5-16(15)19)27-8-6-26(7-9-27)13(2)18(20,21)22;/h4-5,10,13H,3,6-9,12H2,1-2H3,(H,24,25);1H. The molecule has 0 bridgehead atoms. The molecular weight excluding hydrogens is 489 g/mol. The van der Waals surface area contributed by atoms with Crippen LogP contribution in [0.5, 0.6) is 0 Å². The van der Waals surface area contributed by atoms with Gasteiger partial charge in [0, 0.05) is 38.3 Å². The lowest BCUT2D eigenvalue weighted by atomic mass is 10.1. The zero-order valence-electron chi connectivity index (χ0n) is 15.8. The van der Waals surface area contributed by atoms with Crippen molar-refractivity contribution >= 4 is 29.9 Å². The predicted octanol–water partition coefficient (Wildman–Crippen LogP) is 3.35. The molecule has 1 aromatic carbocycles. The van der Waals surface area contributed by atoms with Crippen LogP contribution < -0.4 is 5.32 Å². The van der Waals surface area contributed by atoms with E-state index in [4.69, 9.17) is 5.26 Å². The molecule has 0 aromatic heterocycles. The Morgan fingerprint density at radius 2 is 1.93 bits per heavy atom. The molecule has 1 atom stereocenters. The van der Waals surface area contributed by atoms with E-state index in [0.29, 0.717) is 36.7 Å². The summed E-state index contributed by atoms with van der Waals surface area (Å²) >= 11 is 0. The minimum absolute atomic E-state index is 0. The molecule has 10 heteroatoms. The molecule has 1 unspecified atom stereocenters. The summed E-state index contributed by atoms with van der Waals surface area (Å²) in [7, 11) is 0. The van der Waals surface area contributed by atoms with Crippen molar-refractivity contribution in [1.82, 2.24) is 15.1 Å². The molecule has 0 amide bonds. The molecule has 1 aromatic rings. The first-order valence-corrected chi connectivity index (χ1v) is 8.78. The van der Waals surface area contributed by atoms with Crippen LogP contribution in [0.3, 0.4) is 0 Å². The van der Waals surface area contributed by atoms with Crippen LogP contribution in [0, 0.1) is 17.1 Å². The van der Waals surface area contributed by atoms with Crippen LogP contribution in [-0.4, -0.2) is 60.7 Å². The van der Waals surface area contributed by atoms with Crippen LogP contribution in [0.25, 0.3) is 0 Å². The number of nitrogens with zero attached hydrogens (tertiary/aromatic N) is 4. The molecule has 0 saturated carbocycles. The van der Waals surface area contributed by atoms with E-state index in [0.717, 1.165) is 0 Å². The molecule has 28 heavy (non-hydrogen) atoms. The largest absolute Gasteiger partial charge is 0.403 e. The van der Waals surface area contributed by atoms with Crippen LogP contribution >= 0.6 is 24.0 Å². The lowest BCUT2D eigenvalue weighted by Gasteiger charge is -2.39. The van der Waals surface area contributed by atoms with Crippen molar-refractivity contribution < 1.29 is 17.6 Å². The Hall–Kier alpha value is -1.61. The lowest BCUT2D eigenvalue weighted by Crippen LogP contribution is -2.56. The number of hydrogen-bond acceptors (Lipinski definition) is 3. The monoisotopic (exact) mass is 513 g/mol. The van der Waals surface area contributed by atoms with E-state index in [1.165, 1.54) is 30.0 Å².